The zero-order valence-corrected chi connectivity index (χ0v) is 28.2. The molecule has 0 bridgehead atoms. The van der Waals surface area contributed by atoms with Gasteiger partial charge in [-0.2, -0.15) is 0 Å². The number of ether oxygens (including phenoxy) is 1. The molecule has 6 nitrogen and oxygen atoms in total. The number of hydrogen-bond acceptors (Lipinski definition) is 6. The fourth-order valence-corrected chi connectivity index (χ4v) is 17.6. The SMILES string of the molecule is CC(O)C(OCCC[Si](C)(O[Si](C)(C)C(C)(C)C)O[Si](C)(C)C(C)(C)C)N1CCC(CCO)CC1. The second-order valence-corrected chi connectivity index (χ2v) is 27.4. The maximum absolute atomic E-state index is 10.4. The normalized spacial score (nSPS) is 19.7. The predicted molar refractivity (Wildman–Crippen MR) is 155 cm³/mol. The Kier molecular flexibility index (Phi) is 12.4. The summed E-state index contributed by atoms with van der Waals surface area (Å²) >= 11 is 0. The number of hydrogen-bond donors (Lipinski definition) is 2. The lowest BCUT2D eigenvalue weighted by molar-refractivity contribution is -0.128. The Morgan fingerprint density at radius 3 is 1.71 bits per heavy atom. The molecule has 1 aliphatic heterocycles. The Labute approximate surface area is 220 Å². The first-order chi connectivity index (χ1) is 15.7. The van der Waals surface area contributed by atoms with Gasteiger partial charge in [0, 0.05) is 26.3 Å². The number of rotatable bonds is 13. The van der Waals surface area contributed by atoms with E-state index in [1.54, 1.807) is 0 Å². The van der Waals surface area contributed by atoms with Crippen LogP contribution >= 0.6 is 0 Å². The molecule has 1 rings (SSSR count). The Morgan fingerprint density at radius 1 is 0.886 bits per heavy atom. The van der Waals surface area contributed by atoms with Crippen LogP contribution in [0.4, 0.5) is 0 Å². The zero-order chi connectivity index (χ0) is 27.3. The molecule has 0 aromatic rings. The molecule has 1 saturated heterocycles. The molecule has 1 aliphatic rings. The fraction of sp³-hybridized carbons (Fsp3) is 1.00. The van der Waals surface area contributed by atoms with E-state index in [0.29, 0.717) is 12.5 Å². The molecule has 0 spiro atoms. The van der Waals surface area contributed by atoms with E-state index in [1.165, 1.54) is 0 Å². The summed E-state index contributed by atoms with van der Waals surface area (Å²) in [5.41, 5.74) is 0. The van der Waals surface area contributed by atoms with E-state index in [9.17, 15) is 10.2 Å². The Balaban J connectivity index is 2.85. The minimum Gasteiger partial charge on any atom is -0.436 e. The third kappa shape index (κ3) is 10.2. The second kappa shape index (κ2) is 13.0. The van der Waals surface area contributed by atoms with Crippen molar-refractivity contribution in [2.45, 2.75) is 135 Å². The third-order valence-electron chi connectivity index (χ3n) is 8.58. The van der Waals surface area contributed by atoms with Crippen molar-refractivity contribution in [1.82, 2.24) is 4.90 Å². The largest absolute Gasteiger partial charge is 0.436 e. The maximum atomic E-state index is 10.4. The van der Waals surface area contributed by atoms with Crippen molar-refractivity contribution in [2.24, 2.45) is 5.92 Å². The molecule has 1 heterocycles. The van der Waals surface area contributed by atoms with Crippen molar-refractivity contribution >= 4 is 25.2 Å². The molecule has 0 aliphatic carbocycles. The van der Waals surface area contributed by atoms with E-state index in [2.05, 4.69) is 79.2 Å². The van der Waals surface area contributed by atoms with Crippen LogP contribution in [0.25, 0.3) is 0 Å². The van der Waals surface area contributed by atoms with Crippen molar-refractivity contribution in [3.8, 4) is 0 Å². The van der Waals surface area contributed by atoms with E-state index >= 15 is 0 Å². The van der Waals surface area contributed by atoms with Crippen LogP contribution in [0.2, 0.25) is 48.9 Å². The van der Waals surface area contributed by atoms with Gasteiger partial charge in [0.15, 0.2) is 16.6 Å². The van der Waals surface area contributed by atoms with Crippen LogP contribution < -0.4 is 0 Å². The summed E-state index contributed by atoms with van der Waals surface area (Å²) in [6.45, 7) is 29.8. The van der Waals surface area contributed by atoms with E-state index in [1.807, 2.05) is 6.92 Å². The molecule has 2 atom stereocenters. The predicted octanol–water partition coefficient (Wildman–Crippen LogP) is 6.31. The summed E-state index contributed by atoms with van der Waals surface area (Å²) in [7, 11) is -6.43. The van der Waals surface area contributed by atoms with Crippen molar-refractivity contribution in [3.05, 3.63) is 0 Å². The van der Waals surface area contributed by atoms with Gasteiger partial charge in [-0.25, -0.2) is 0 Å². The summed E-state index contributed by atoms with van der Waals surface area (Å²) in [5.74, 6) is 0.581. The minimum absolute atomic E-state index is 0.133. The molecular weight excluding hydrogens is 491 g/mol. The van der Waals surface area contributed by atoms with Gasteiger partial charge in [-0.3, -0.25) is 4.90 Å². The van der Waals surface area contributed by atoms with Crippen molar-refractivity contribution in [1.29, 1.82) is 0 Å². The quantitative estimate of drug-likeness (QED) is 0.207. The fourth-order valence-electron chi connectivity index (χ4n) is 4.33. The van der Waals surface area contributed by atoms with Crippen molar-refractivity contribution in [3.63, 3.8) is 0 Å². The highest BCUT2D eigenvalue weighted by Crippen LogP contribution is 2.43. The molecule has 35 heavy (non-hydrogen) atoms. The van der Waals surface area contributed by atoms with Gasteiger partial charge in [-0.15, -0.1) is 0 Å². The molecule has 0 saturated carbocycles. The molecule has 0 amide bonds. The molecule has 0 aromatic carbocycles. The van der Waals surface area contributed by atoms with Gasteiger partial charge in [-0.05, 0) is 87.4 Å². The Morgan fingerprint density at radius 2 is 1.34 bits per heavy atom. The molecule has 2 unspecified atom stereocenters. The van der Waals surface area contributed by atoms with Gasteiger partial charge in [0.1, 0.15) is 6.23 Å². The standard InChI is InChI=1S/C26H59NO5Si3/c1-22(29)24(27-17-14-23(15-18-27)16-19-28)30-20-13-21-35(12,31-33(8,9)25(2,3)4)32-34(10,11)26(5,6)7/h22-24,28-29H,13-21H2,1-12H3. The average Bonchev–Trinajstić information content (AvgIpc) is 2.66. The monoisotopic (exact) mass is 549 g/mol. The molecule has 0 radical (unpaired) electrons. The van der Waals surface area contributed by atoms with E-state index in [4.69, 9.17) is 13.0 Å². The van der Waals surface area contributed by atoms with Crippen molar-refractivity contribution < 1.29 is 23.2 Å². The topological polar surface area (TPSA) is 71.4 Å². The lowest BCUT2D eigenvalue weighted by atomic mass is 9.93. The van der Waals surface area contributed by atoms with E-state index in [-0.39, 0.29) is 22.9 Å². The van der Waals surface area contributed by atoms with E-state index in [0.717, 1.165) is 44.8 Å². The summed E-state index contributed by atoms with van der Waals surface area (Å²) in [6, 6.07) is 0.900. The van der Waals surface area contributed by atoms with Crippen molar-refractivity contribution in [2.75, 3.05) is 26.3 Å². The van der Waals surface area contributed by atoms with Gasteiger partial charge in [0.05, 0.1) is 6.10 Å². The van der Waals surface area contributed by atoms with Crippen LogP contribution in [-0.2, 0) is 13.0 Å². The first-order valence-corrected chi connectivity index (χ1v) is 22.1. The molecule has 2 N–H and O–H groups in total. The highest BCUT2D eigenvalue weighted by molar-refractivity contribution is 6.89. The Hall–Kier alpha value is 0.411. The first kappa shape index (κ1) is 33.4. The van der Waals surface area contributed by atoms with Gasteiger partial charge in [0.25, 0.3) is 0 Å². The molecule has 1 fully saturated rings. The maximum Gasteiger partial charge on any atom is 0.314 e. The summed E-state index contributed by atoms with van der Waals surface area (Å²) < 4.78 is 20.5. The average molecular weight is 550 g/mol. The lowest BCUT2D eigenvalue weighted by Gasteiger charge is -2.48. The Bertz CT molecular complexity index is 595. The summed E-state index contributed by atoms with van der Waals surface area (Å²) in [4.78, 5) is 2.27. The smallest absolute Gasteiger partial charge is 0.314 e. The van der Waals surface area contributed by atoms with Crippen LogP contribution in [0.5, 0.6) is 0 Å². The van der Waals surface area contributed by atoms with Gasteiger partial charge >= 0.3 is 8.56 Å². The zero-order valence-electron chi connectivity index (χ0n) is 25.2. The molecular formula is C26H59NO5Si3. The number of likely N-dealkylation sites (tertiary alicyclic amines) is 1. The minimum atomic E-state index is -2.45. The third-order valence-corrected chi connectivity index (χ3v) is 24.6. The molecule has 9 heteroatoms. The number of aliphatic hydroxyl groups is 2. The van der Waals surface area contributed by atoms with Crippen LogP contribution in [0.3, 0.4) is 0 Å². The van der Waals surface area contributed by atoms with Crippen LogP contribution in [0.15, 0.2) is 0 Å². The van der Waals surface area contributed by atoms with Gasteiger partial charge in [0.2, 0.25) is 0 Å². The number of aliphatic hydroxyl groups excluding tert-OH is 2. The molecule has 210 valence electrons. The van der Waals surface area contributed by atoms with Gasteiger partial charge in [-0.1, -0.05) is 41.5 Å². The van der Waals surface area contributed by atoms with Crippen LogP contribution in [-0.4, -0.2) is 78.9 Å². The summed E-state index contributed by atoms with van der Waals surface area (Å²) in [6.07, 6.45) is 3.04. The first-order valence-electron chi connectivity index (χ1n) is 13.8. The molecule has 0 aromatic heterocycles. The number of piperidine rings is 1. The highest BCUT2D eigenvalue weighted by Gasteiger charge is 2.50. The number of nitrogens with zero attached hydrogens (tertiary/aromatic N) is 1. The lowest BCUT2D eigenvalue weighted by Crippen LogP contribution is -2.58. The van der Waals surface area contributed by atoms with E-state index < -0.39 is 31.3 Å². The second-order valence-electron chi connectivity index (χ2n) is 14.0. The van der Waals surface area contributed by atoms with Gasteiger partial charge < -0.3 is 23.2 Å². The van der Waals surface area contributed by atoms with Crippen LogP contribution in [0, 0.1) is 5.92 Å². The van der Waals surface area contributed by atoms with Crippen LogP contribution in [0.1, 0.15) is 74.1 Å². The highest BCUT2D eigenvalue weighted by atomic mass is 28.5. The summed E-state index contributed by atoms with van der Waals surface area (Å²) in [5, 5.41) is 19.9.